The Labute approximate surface area is 138 Å². The molecule has 1 aromatic carbocycles. The molecular weight excluding hydrogens is 346 g/mol. The normalized spacial score (nSPS) is 18.4. The fraction of sp³-hybridized carbons (Fsp3) is 0.438. The highest BCUT2D eigenvalue weighted by atomic mass is 79.9. The zero-order valence-electron chi connectivity index (χ0n) is 12.2. The van der Waals surface area contributed by atoms with Crippen molar-refractivity contribution >= 4 is 33.0 Å². The molecule has 1 aliphatic heterocycles. The molecule has 21 heavy (non-hydrogen) atoms. The van der Waals surface area contributed by atoms with Crippen molar-refractivity contribution in [2.45, 2.75) is 19.9 Å². The summed E-state index contributed by atoms with van der Waals surface area (Å²) in [4.78, 5) is 8.10. The molecule has 0 bridgehead atoms. The minimum atomic E-state index is 0.739. The SMILES string of the molecule is Cc1ncc(CNCC2CCN(c3ccc(Br)cc3)C2)s1. The van der Waals surface area contributed by atoms with Gasteiger partial charge in [-0.05, 0) is 43.5 Å². The molecule has 1 fully saturated rings. The summed E-state index contributed by atoms with van der Waals surface area (Å²) in [7, 11) is 0. The van der Waals surface area contributed by atoms with Crippen LogP contribution in [0.4, 0.5) is 5.69 Å². The highest BCUT2D eigenvalue weighted by Gasteiger charge is 2.22. The summed E-state index contributed by atoms with van der Waals surface area (Å²) in [6, 6.07) is 8.63. The first-order valence-electron chi connectivity index (χ1n) is 7.33. The summed E-state index contributed by atoms with van der Waals surface area (Å²) >= 11 is 5.27. The largest absolute Gasteiger partial charge is 0.371 e. The number of aryl methyl sites for hydroxylation is 1. The number of anilines is 1. The minimum Gasteiger partial charge on any atom is -0.371 e. The van der Waals surface area contributed by atoms with Gasteiger partial charge in [0.25, 0.3) is 0 Å². The summed E-state index contributed by atoms with van der Waals surface area (Å²) in [6.45, 7) is 6.40. The third kappa shape index (κ3) is 4.05. The summed E-state index contributed by atoms with van der Waals surface area (Å²) in [5.41, 5.74) is 1.33. The molecule has 3 nitrogen and oxygen atoms in total. The third-order valence-corrected chi connectivity index (χ3v) is 5.32. The Kier molecular flexibility index (Phi) is 4.93. The lowest BCUT2D eigenvalue weighted by Gasteiger charge is -2.19. The Bertz CT molecular complexity index is 581. The predicted molar refractivity (Wildman–Crippen MR) is 93.0 cm³/mol. The van der Waals surface area contributed by atoms with Crippen molar-refractivity contribution in [2.75, 3.05) is 24.5 Å². The van der Waals surface area contributed by atoms with Crippen LogP contribution in [0.15, 0.2) is 34.9 Å². The third-order valence-electron chi connectivity index (χ3n) is 3.88. The second-order valence-electron chi connectivity index (χ2n) is 5.55. The molecule has 0 spiro atoms. The molecule has 2 aromatic rings. The van der Waals surface area contributed by atoms with Crippen LogP contribution in [0, 0.1) is 12.8 Å². The van der Waals surface area contributed by atoms with Gasteiger partial charge < -0.3 is 10.2 Å². The van der Waals surface area contributed by atoms with Gasteiger partial charge in [0.1, 0.15) is 0 Å². The molecule has 1 aromatic heterocycles. The molecule has 112 valence electrons. The van der Waals surface area contributed by atoms with E-state index in [1.165, 1.54) is 17.0 Å². The van der Waals surface area contributed by atoms with Gasteiger partial charge in [-0.25, -0.2) is 4.98 Å². The maximum absolute atomic E-state index is 4.29. The van der Waals surface area contributed by atoms with E-state index in [0.717, 1.165) is 41.6 Å². The van der Waals surface area contributed by atoms with Crippen LogP contribution in [0.3, 0.4) is 0 Å². The van der Waals surface area contributed by atoms with Gasteiger partial charge in [0, 0.05) is 47.4 Å². The van der Waals surface area contributed by atoms with Crippen LogP contribution in [-0.4, -0.2) is 24.6 Å². The zero-order chi connectivity index (χ0) is 14.7. The molecule has 0 radical (unpaired) electrons. The summed E-state index contributed by atoms with van der Waals surface area (Å²) < 4.78 is 1.14. The smallest absolute Gasteiger partial charge is 0.0897 e. The van der Waals surface area contributed by atoms with Gasteiger partial charge >= 0.3 is 0 Å². The van der Waals surface area contributed by atoms with Gasteiger partial charge in [0.2, 0.25) is 0 Å². The lowest BCUT2D eigenvalue weighted by molar-refractivity contribution is 0.518. The van der Waals surface area contributed by atoms with E-state index in [0.29, 0.717) is 0 Å². The molecule has 1 atom stereocenters. The van der Waals surface area contributed by atoms with Gasteiger partial charge in [-0.15, -0.1) is 11.3 Å². The monoisotopic (exact) mass is 365 g/mol. The molecule has 1 aliphatic rings. The van der Waals surface area contributed by atoms with Crippen molar-refractivity contribution in [1.82, 2.24) is 10.3 Å². The first-order chi connectivity index (χ1) is 10.2. The lowest BCUT2D eigenvalue weighted by atomic mass is 10.1. The van der Waals surface area contributed by atoms with Crippen LogP contribution < -0.4 is 10.2 Å². The summed E-state index contributed by atoms with van der Waals surface area (Å²) in [6.07, 6.45) is 3.25. The Morgan fingerprint density at radius 3 is 2.90 bits per heavy atom. The van der Waals surface area contributed by atoms with E-state index < -0.39 is 0 Å². The molecule has 1 saturated heterocycles. The molecule has 1 unspecified atom stereocenters. The Balaban J connectivity index is 1.45. The zero-order valence-corrected chi connectivity index (χ0v) is 14.6. The van der Waals surface area contributed by atoms with Crippen molar-refractivity contribution in [2.24, 2.45) is 5.92 Å². The number of benzene rings is 1. The van der Waals surface area contributed by atoms with Crippen LogP contribution in [-0.2, 0) is 6.54 Å². The van der Waals surface area contributed by atoms with Crippen molar-refractivity contribution in [3.8, 4) is 0 Å². The highest BCUT2D eigenvalue weighted by molar-refractivity contribution is 9.10. The molecule has 1 N–H and O–H groups in total. The fourth-order valence-corrected chi connectivity index (χ4v) is 3.80. The number of nitrogens with zero attached hydrogens (tertiary/aromatic N) is 2. The molecule has 3 rings (SSSR count). The average molecular weight is 366 g/mol. The van der Waals surface area contributed by atoms with Gasteiger partial charge in [-0.1, -0.05) is 15.9 Å². The van der Waals surface area contributed by atoms with Crippen LogP contribution in [0.5, 0.6) is 0 Å². The standard InChI is InChI=1S/C16H20BrN3S/c1-12-19-10-16(21-12)9-18-8-13-6-7-20(11-13)15-4-2-14(17)3-5-15/h2-5,10,13,18H,6-9,11H2,1H3. The van der Waals surface area contributed by atoms with Crippen LogP contribution in [0.1, 0.15) is 16.3 Å². The summed E-state index contributed by atoms with van der Waals surface area (Å²) in [5.74, 6) is 0.739. The second-order valence-corrected chi connectivity index (χ2v) is 7.79. The van der Waals surface area contributed by atoms with E-state index in [1.807, 2.05) is 6.20 Å². The van der Waals surface area contributed by atoms with Crippen LogP contribution in [0.2, 0.25) is 0 Å². The van der Waals surface area contributed by atoms with Gasteiger partial charge in [-0.2, -0.15) is 0 Å². The van der Waals surface area contributed by atoms with E-state index in [1.54, 1.807) is 11.3 Å². The summed E-state index contributed by atoms with van der Waals surface area (Å²) in [5, 5.41) is 4.72. The molecule has 0 saturated carbocycles. The Morgan fingerprint density at radius 2 is 2.19 bits per heavy atom. The molecule has 5 heteroatoms. The maximum atomic E-state index is 4.29. The molecule has 0 amide bonds. The number of halogens is 1. The number of thiazole rings is 1. The maximum Gasteiger partial charge on any atom is 0.0897 e. The van der Waals surface area contributed by atoms with Gasteiger partial charge in [-0.3, -0.25) is 0 Å². The molecular formula is C16H20BrN3S. The number of hydrogen-bond donors (Lipinski definition) is 1. The number of rotatable bonds is 5. The number of aromatic nitrogens is 1. The Hall–Kier alpha value is -0.910. The first-order valence-corrected chi connectivity index (χ1v) is 8.94. The minimum absolute atomic E-state index is 0.739. The van der Waals surface area contributed by atoms with Crippen molar-refractivity contribution in [3.05, 3.63) is 44.8 Å². The van der Waals surface area contributed by atoms with Crippen molar-refractivity contribution < 1.29 is 0 Å². The van der Waals surface area contributed by atoms with E-state index >= 15 is 0 Å². The van der Waals surface area contributed by atoms with Crippen LogP contribution in [0.25, 0.3) is 0 Å². The van der Waals surface area contributed by atoms with Crippen molar-refractivity contribution in [3.63, 3.8) is 0 Å². The van der Waals surface area contributed by atoms with Gasteiger partial charge in [0.05, 0.1) is 5.01 Å². The fourth-order valence-electron chi connectivity index (χ4n) is 2.77. The van der Waals surface area contributed by atoms with E-state index in [9.17, 15) is 0 Å². The van der Waals surface area contributed by atoms with E-state index in [-0.39, 0.29) is 0 Å². The number of hydrogen-bond acceptors (Lipinski definition) is 4. The average Bonchev–Trinajstić information content (AvgIpc) is 3.09. The van der Waals surface area contributed by atoms with E-state index in [2.05, 4.69) is 62.3 Å². The quantitative estimate of drug-likeness (QED) is 0.872. The van der Waals surface area contributed by atoms with Crippen molar-refractivity contribution in [1.29, 1.82) is 0 Å². The predicted octanol–water partition coefficient (Wildman–Crippen LogP) is 3.83. The lowest BCUT2D eigenvalue weighted by Crippen LogP contribution is -2.25. The molecule has 0 aliphatic carbocycles. The molecule has 2 heterocycles. The first kappa shape index (κ1) is 15.0. The van der Waals surface area contributed by atoms with Crippen LogP contribution >= 0.6 is 27.3 Å². The van der Waals surface area contributed by atoms with E-state index in [4.69, 9.17) is 0 Å². The number of nitrogens with one attached hydrogen (secondary N) is 1. The Morgan fingerprint density at radius 1 is 1.38 bits per heavy atom. The highest BCUT2D eigenvalue weighted by Crippen LogP contribution is 2.25. The second kappa shape index (κ2) is 6.90. The topological polar surface area (TPSA) is 28.2 Å². The van der Waals surface area contributed by atoms with Gasteiger partial charge in [0.15, 0.2) is 0 Å².